The largest absolute Gasteiger partial charge is 0.390 e. The first-order valence-electron chi connectivity index (χ1n) is 5.67. The molecule has 0 radical (unpaired) electrons. The van der Waals surface area contributed by atoms with Crippen molar-refractivity contribution in [3.8, 4) is 0 Å². The maximum absolute atomic E-state index is 9.90. The Morgan fingerprint density at radius 3 is 2.07 bits per heavy atom. The Bertz CT molecular complexity index is 282. The van der Waals surface area contributed by atoms with Crippen molar-refractivity contribution in [1.82, 2.24) is 0 Å². The van der Waals surface area contributed by atoms with Gasteiger partial charge in [0.1, 0.15) is 0 Å². The molecule has 0 aliphatic heterocycles. The number of hydrogen-bond acceptors (Lipinski definition) is 1. The molecule has 1 aromatic carbocycles. The Kier molecular flexibility index (Phi) is 3.92. The lowest BCUT2D eigenvalue weighted by molar-refractivity contribution is 0.0575. The zero-order chi connectivity index (χ0) is 11.5. The van der Waals surface area contributed by atoms with E-state index in [1.807, 2.05) is 19.9 Å². The highest BCUT2D eigenvalue weighted by molar-refractivity contribution is 5.20. The van der Waals surface area contributed by atoms with Gasteiger partial charge in [0.2, 0.25) is 0 Å². The molecule has 0 saturated heterocycles. The molecular formula is C14H22O. The van der Waals surface area contributed by atoms with Crippen molar-refractivity contribution in [2.75, 3.05) is 0 Å². The van der Waals surface area contributed by atoms with Gasteiger partial charge in [-0.3, -0.25) is 0 Å². The molecule has 84 valence electrons. The predicted molar refractivity (Wildman–Crippen MR) is 64.9 cm³/mol. The standard InChI is InChI=1S/C14H22O/c1-11(2)13(10-14(3,4)15)12-8-6-5-7-9-12/h5-9,11,13,15H,10H2,1-4H3/t13-/m0/s1. The van der Waals surface area contributed by atoms with E-state index < -0.39 is 5.60 Å². The van der Waals surface area contributed by atoms with Gasteiger partial charge in [0.15, 0.2) is 0 Å². The van der Waals surface area contributed by atoms with Crippen molar-refractivity contribution in [2.24, 2.45) is 5.92 Å². The summed E-state index contributed by atoms with van der Waals surface area (Å²) in [6.45, 7) is 8.18. The van der Waals surface area contributed by atoms with Crippen LogP contribution in [0.2, 0.25) is 0 Å². The lowest BCUT2D eigenvalue weighted by Crippen LogP contribution is -2.24. The minimum absolute atomic E-state index is 0.436. The molecular weight excluding hydrogens is 184 g/mol. The molecule has 0 bridgehead atoms. The van der Waals surface area contributed by atoms with Crippen molar-refractivity contribution >= 4 is 0 Å². The Labute approximate surface area is 93.1 Å². The first-order valence-corrected chi connectivity index (χ1v) is 5.67. The van der Waals surface area contributed by atoms with Crippen molar-refractivity contribution in [3.63, 3.8) is 0 Å². The molecule has 0 unspecified atom stereocenters. The molecule has 1 atom stereocenters. The van der Waals surface area contributed by atoms with Crippen LogP contribution in [0.5, 0.6) is 0 Å². The predicted octanol–water partition coefficient (Wildman–Crippen LogP) is 3.59. The van der Waals surface area contributed by atoms with Crippen LogP contribution in [0.1, 0.15) is 45.6 Å². The third-order valence-corrected chi connectivity index (χ3v) is 2.75. The lowest BCUT2D eigenvalue weighted by Gasteiger charge is -2.28. The number of benzene rings is 1. The summed E-state index contributed by atoms with van der Waals surface area (Å²) in [5, 5.41) is 9.90. The molecule has 0 fully saturated rings. The third kappa shape index (κ3) is 4.05. The van der Waals surface area contributed by atoms with Crippen molar-refractivity contribution in [2.45, 2.75) is 45.6 Å². The minimum Gasteiger partial charge on any atom is -0.390 e. The maximum Gasteiger partial charge on any atom is 0.0597 e. The molecule has 0 aliphatic carbocycles. The number of aliphatic hydroxyl groups is 1. The van der Waals surface area contributed by atoms with E-state index in [2.05, 4.69) is 38.1 Å². The second kappa shape index (κ2) is 4.80. The van der Waals surface area contributed by atoms with Crippen LogP contribution in [0.4, 0.5) is 0 Å². The molecule has 0 aliphatic rings. The lowest BCUT2D eigenvalue weighted by atomic mass is 9.81. The van der Waals surface area contributed by atoms with Crippen LogP contribution in [0.15, 0.2) is 30.3 Å². The van der Waals surface area contributed by atoms with Crippen LogP contribution in [0.3, 0.4) is 0 Å². The maximum atomic E-state index is 9.90. The Balaban J connectivity index is 2.85. The first kappa shape index (κ1) is 12.3. The summed E-state index contributed by atoms with van der Waals surface area (Å²) < 4.78 is 0. The van der Waals surface area contributed by atoms with Gasteiger partial charge in [-0.25, -0.2) is 0 Å². The van der Waals surface area contributed by atoms with Crippen LogP contribution in [-0.2, 0) is 0 Å². The van der Waals surface area contributed by atoms with E-state index in [9.17, 15) is 5.11 Å². The summed E-state index contributed by atoms with van der Waals surface area (Å²) in [6.07, 6.45) is 0.814. The highest BCUT2D eigenvalue weighted by Crippen LogP contribution is 2.32. The quantitative estimate of drug-likeness (QED) is 0.798. The van der Waals surface area contributed by atoms with Gasteiger partial charge in [-0.1, -0.05) is 44.2 Å². The van der Waals surface area contributed by atoms with Gasteiger partial charge in [0.05, 0.1) is 5.60 Å². The molecule has 1 rings (SSSR count). The zero-order valence-corrected chi connectivity index (χ0v) is 10.2. The van der Waals surface area contributed by atoms with Crippen molar-refractivity contribution in [3.05, 3.63) is 35.9 Å². The van der Waals surface area contributed by atoms with Gasteiger partial charge < -0.3 is 5.11 Å². The Morgan fingerprint density at radius 2 is 1.67 bits per heavy atom. The van der Waals surface area contributed by atoms with Crippen LogP contribution in [-0.4, -0.2) is 10.7 Å². The van der Waals surface area contributed by atoms with Crippen LogP contribution in [0, 0.1) is 5.92 Å². The first-order chi connectivity index (χ1) is 6.90. The van der Waals surface area contributed by atoms with Gasteiger partial charge in [0, 0.05) is 0 Å². The molecule has 0 saturated carbocycles. The number of hydrogen-bond donors (Lipinski definition) is 1. The van der Waals surface area contributed by atoms with Gasteiger partial charge in [-0.15, -0.1) is 0 Å². The average Bonchev–Trinajstić information content (AvgIpc) is 2.14. The average molecular weight is 206 g/mol. The fourth-order valence-electron chi connectivity index (χ4n) is 1.98. The third-order valence-electron chi connectivity index (χ3n) is 2.75. The Hall–Kier alpha value is -0.820. The van der Waals surface area contributed by atoms with E-state index >= 15 is 0 Å². The summed E-state index contributed by atoms with van der Waals surface area (Å²) in [4.78, 5) is 0. The van der Waals surface area contributed by atoms with E-state index in [-0.39, 0.29) is 0 Å². The molecule has 1 aromatic rings. The van der Waals surface area contributed by atoms with E-state index in [0.29, 0.717) is 11.8 Å². The molecule has 15 heavy (non-hydrogen) atoms. The van der Waals surface area contributed by atoms with Crippen LogP contribution >= 0.6 is 0 Å². The smallest absolute Gasteiger partial charge is 0.0597 e. The SMILES string of the molecule is CC(C)[C@H](CC(C)(C)O)c1ccccc1. The van der Waals surface area contributed by atoms with Crippen molar-refractivity contribution in [1.29, 1.82) is 0 Å². The molecule has 0 heterocycles. The van der Waals surface area contributed by atoms with E-state index in [1.165, 1.54) is 5.56 Å². The highest BCUT2D eigenvalue weighted by atomic mass is 16.3. The molecule has 1 heteroatoms. The van der Waals surface area contributed by atoms with Gasteiger partial charge >= 0.3 is 0 Å². The molecule has 0 spiro atoms. The second-order valence-corrected chi connectivity index (χ2v) is 5.28. The summed E-state index contributed by atoms with van der Waals surface area (Å²) in [7, 11) is 0. The molecule has 0 amide bonds. The topological polar surface area (TPSA) is 20.2 Å². The van der Waals surface area contributed by atoms with E-state index in [0.717, 1.165) is 6.42 Å². The monoisotopic (exact) mass is 206 g/mol. The fraction of sp³-hybridized carbons (Fsp3) is 0.571. The van der Waals surface area contributed by atoms with Gasteiger partial charge in [-0.2, -0.15) is 0 Å². The minimum atomic E-state index is -0.592. The van der Waals surface area contributed by atoms with Crippen LogP contribution < -0.4 is 0 Å². The van der Waals surface area contributed by atoms with Gasteiger partial charge in [-0.05, 0) is 37.7 Å². The summed E-state index contributed by atoms with van der Waals surface area (Å²) in [6, 6.07) is 10.5. The summed E-state index contributed by atoms with van der Waals surface area (Å²) in [5.41, 5.74) is 0.736. The molecule has 1 N–H and O–H groups in total. The zero-order valence-electron chi connectivity index (χ0n) is 10.2. The summed E-state index contributed by atoms with van der Waals surface area (Å²) >= 11 is 0. The second-order valence-electron chi connectivity index (χ2n) is 5.28. The Morgan fingerprint density at radius 1 is 1.13 bits per heavy atom. The highest BCUT2D eigenvalue weighted by Gasteiger charge is 2.23. The van der Waals surface area contributed by atoms with Gasteiger partial charge in [0.25, 0.3) is 0 Å². The number of rotatable bonds is 4. The molecule has 0 aromatic heterocycles. The molecule has 1 nitrogen and oxygen atoms in total. The van der Waals surface area contributed by atoms with E-state index in [4.69, 9.17) is 0 Å². The summed E-state index contributed by atoms with van der Waals surface area (Å²) in [5.74, 6) is 0.991. The normalized spacial score (nSPS) is 14.3. The van der Waals surface area contributed by atoms with Crippen molar-refractivity contribution < 1.29 is 5.11 Å². The fourth-order valence-corrected chi connectivity index (χ4v) is 1.98. The van der Waals surface area contributed by atoms with E-state index in [1.54, 1.807) is 0 Å². The van der Waals surface area contributed by atoms with Crippen LogP contribution in [0.25, 0.3) is 0 Å².